The van der Waals surface area contributed by atoms with E-state index < -0.39 is 16.1 Å². The monoisotopic (exact) mass is 283 g/mol. The molecule has 1 heterocycles. The van der Waals surface area contributed by atoms with E-state index in [0.717, 1.165) is 5.56 Å². The standard InChI is InChI=1S/C12H17N3O3S/c1-8(13)12(16)15-6-5-9-3-4-10(7-11(9)15)19(17,18)14-2/h3-4,7-8,14H,5-6,13H2,1-2H3/t8-/m0/s1. The highest BCUT2D eigenvalue weighted by Gasteiger charge is 2.28. The predicted octanol–water partition coefficient (Wildman–Crippen LogP) is -0.169. The van der Waals surface area contributed by atoms with Crippen LogP contribution in [0.25, 0.3) is 0 Å². The van der Waals surface area contributed by atoms with E-state index in [1.165, 1.54) is 13.1 Å². The molecule has 1 atom stereocenters. The molecular formula is C12H17N3O3S. The molecule has 0 saturated carbocycles. The van der Waals surface area contributed by atoms with Crippen molar-refractivity contribution in [3.8, 4) is 0 Å². The van der Waals surface area contributed by atoms with Crippen molar-refractivity contribution in [2.24, 2.45) is 5.73 Å². The molecule has 2 rings (SSSR count). The average molecular weight is 283 g/mol. The molecule has 0 unspecified atom stereocenters. The number of fused-ring (bicyclic) bond motifs is 1. The second-order valence-electron chi connectivity index (χ2n) is 4.53. The van der Waals surface area contributed by atoms with Crippen molar-refractivity contribution in [1.82, 2.24) is 4.72 Å². The lowest BCUT2D eigenvalue weighted by Gasteiger charge is -2.20. The minimum Gasteiger partial charge on any atom is -0.320 e. The van der Waals surface area contributed by atoms with Gasteiger partial charge in [-0.2, -0.15) is 0 Å². The molecule has 1 aromatic rings. The second-order valence-corrected chi connectivity index (χ2v) is 6.41. The topological polar surface area (TPSA) is 92.5 Å². The number of sulfonamides is 1. The van der Waals surface area contributed by atoms with Gasteiger partial charge in [0.25, 0.3) is 0 Å². The minimum absolute atomic E-state index is 0.151. The van der Waals surface area contributed by atoms with E-state index in [9.17, 15) is 13.2 Å². The van der Waals surface area contributed by atoms with E-state index >= 15 is 0 Å². The van der Waals surface area contributed by atoms with E-state index in [-0.39, 0.29) is 10.8 Å². The van der Waals surface area contributed by atoms with Gasteiger partial charge in [-0.25, -0.2) is 13.1 Å². The minimum atomic E-state index is -3.51. The van der Waals surface area contributed by atoms with E-state index in [4.69, 9.17) is 5.73 Å². The van der Waals surface area contributed by atoms with Crippen LogP contribution in [0.3, 0.4) is 0 Å². The molecule has 7 heteroatoms. The summed E-state index contributed by atoms with van der Waals surface area (Å²) in [6.07, 6.45) is 0.716. The van der Waals surface area contributed by atoms with Gasteiger partial charge in [0.05, 0.1) is 10.9 Å². The van der Waals surface area contributed by atoms with Gasteiger partial charge in [-0.15, -0.1) is 0 Å². The first-order valence-electron chi connectivity index (χ1n) is 6.00. The van der Waals surface area contributed by atoms with E-state index in [0.29, 0.717) is 18.7 Å². The fraction of sp³-hybridized carbons (Fsp3) is 0.417. The van der Waals surface area contributed by atoms with Gasteiger partial charge in [-0.3, -0.25) is 4.79 Å². The SMILES string of the molecule is CNS(=O)(=O)c1ccc2c(c1)N(C(=O)[C@H](C)N)CC2. The highest BCUT2D eigenvalue weighted by Crippen LogP contribution is 2.30. The fourth-order valence-electron chi connectivity index (χ4n) is 2.12. The summed E-state index contributed by atoms with van der Waals surface area (Å²) in [5, 5.41) is 0. The number of amides is 1. The zero-order chi connectivity index (χ0) is 14.2. The molecule has 0 fully saturated rings. The molecule has 0 saturated heterocycles. The summed E-state index contributed by atoms with van der Waals surface area (Å²) in [5.74, 6) is -0.197. The smallest absolute Gasteiger partial charge is 0.243 e. The van der Waals surface area contributed by atoms with Crippen LogP contribution in [0.15, 0.2) is 23.1 Å². The van der Waals surface area contributed by atoms with Gasteiger partial charge < -0.3 is 10.6 Å². The third kappa shape index (κ3) is 2.49. The van der Waals surface area contributed by atoms with Crippen LogP contribution < -0.4 is 15.4 Å². The van der Waals surface area contributed by atoms with Crippen molar-refractivity contribution in [2.75, 3.05) is 18.5 Å². The summed E-state index contributed by atoms with van der Waals surface area (Å²) in [4.78, 5) is 13.7. The Labute approximate surface area is 112 Å². The Hall–Kier alpha value is -1.44. The molecule has 1 amide bonds. The Morgan fingerprint density at radius 3 is 2.74 bits per heavy atom. The molecule has 1 aliphatic heterocycles. The zero-order valence-electron chi connectivity index (χ0n) is 10.9. The largest absolute Gasteiger partial charge is 0.320 e. The van der Waals surface area contributed by atoms with Crippen molar-refractivity contribution in [2.45, 2.75) is 24.3 Å². The summed E-state index contributed by atoms with van der Waals surface area (Å²) in [6.45, 7) is 2.16. The Morgan fingerprint density at radius 1 is 1.47 bits per heavy atom. The maximum atomic E-state index is 12.0. The van der Waals surface area contributed by atoms with Gasteiger partial charge in [0.2, 0.25) is 15.9 Å². The number of nitrogens with zero attached hydrogens (tertiary/aromatic N) is 1. The number of rotatable bonds is 3. The molecule has 104 valence electrons. The van der Waals surface area contributed by atoms with Gasteiger partial charge in [-0.1, -0.05) is 6.07 Å². The van der Waals surface area contributed by atoms with Gasteiger partial charge in [-0.05, 0) is 38.1 Å². The van der Waals surface area contributed by atoms with Crippen LogP contribution in [0.5, 0.6) is 0 Å². The van der Waals surface area contributed by atoms with Crippen molar-refractivity contribution < 1.29 is 13.2 Å². The fourth-order valence-corrected chi connectivity index (χ4v) is 2.87. The number of nitrogens with one attached hydrogen (secondary N) is 1. The number of carbonyl (C=O) groups excluding carboxylic acids is 1. The number of nitrogens with two attached hydrogens (primary N) is 1. The Bertz CT molecular complexity index is 611. The maximum Gasteiger partial charge on any atom is 0.243 e. The number of benzene rings is 1. The number of hydrogen-bond acceptors (Lipinski definition) is 4. The summed E-state index contributed by atoms with van der Waals surface area (Å²) < 4.78 is 25.8. The molecule has 3 N–H and O–H groups in total. The lowest BCUT2D eigenvalue weighted by atomic mass is 10.2. The maximum absolute atomic E-state index is 12.0. The summed E-state index contributed by atoms with van der Waals surface area (Å²) in [7, 11) is -2.15. The molecule has 1 aliphatic rings. The van der Waals surface area contributed by atoms with Gasteiger partial charge >= 0.3 is 0 Å². The first-order chi connectivity index (χ1) is 8.86. The zero-order valence-corrected chi connectivity index (χ0v) is 11.7. The molecule has 6 nitrogen and oxygen atoms in total. The van der Waals surface area contributed by atoms with Gasteiger partial charge in [0.15, 0.2) is 0 Å². The van der Waals surface area contributed by atoms with Crippen molar-refractivity contribution in [3.63, 3.8) is 0 Å². The summed E-state index contributed by atoms with van der Waals surface area (Å²) >= 11 is 0. The third-order valence-electron chi connectivity index (χ3n) is 3.19. The van der Waals surface area contributed by atoms with Crippen molar-refractivity contribution >= 4 is 21.6 Å². The van der Waals surface area contributed by atoms with Gasteiger partial charge in [0, 0.05) is 12.2 Å². The lowest BCUT2D eigenvalue weighted by Crippen LogP contribution is -2.41. The van der Waals surface area contributed by atoms with Crippen molar-refractivity contribution in [1.29, 1.82) is 0 Å². The highest BCUT2D eigenvalue weighted by atomic mass is 32.2. The molecule has 0 radical (unpaired) electrons. The quantitative estimate of drug-likeness (QED) is 0.805. The molecule has 0 bridgehead atoms. The predicted molar refractivity (Wildman–Crippen MR) is 72.4 cm³/mol. The van der Waals surface area contributed by atoms with Crippen LogP contribution >= 0.6 is 0 Å². The molecule has 0 aliphatic carbocycles. The van der Waals surface area contributed by atoms with E-state index in [1.54, 1.807) is 24.0 Å². The van der Waals surface area contributed by atoms with Crippen LogP contribution in [0, 0.1) is 0 Å². The summed E-state index contributed by atoms with van der Waals surface area (Å²) in [5.41, 5.74) is 7.20. The molecule has 0 aromatic heterocycles. The summed E-state index contributed by atoms with van der Waals surface area (Å²) in [6, 6.07) is 4.21. The molecule has 1 aromatic carbocycles. The molecule has 19 heavy (non-hydrogen) atoms. The van der Waals surface area contributed by atoms with Crippen LogP contribution in [-0.2, 0) is 21.2 Å². The third-order valence-corrected chi connectivity index (χ3v) is 4.60. The van der Waals surface area contributed by atoms with Gasteiger partial charge in [0.1, 0.15) is 0 Å². The van der Waals surface area contributed by atoms with Crippen LogP contribution in [0.4, 0.5) is 5.69 Å². The average Bonchev–Trinajstić information content (AvgIpc) is 2.80. The normalized spacial score (nSPS) is 16.3. The highest BCUT2D eigenvalue weighted by molar-refractivity contribution is 7.89. The molecule has 0 spiro atoms. The second kappa shape index (κ2) is 4.92. The van der Waals surface area contributed by atoms with Crippen LogP contribution in [0.1, 0.15) is 12.5 Å². The first-order valence-corrected chi connectivity index (χ1v) is 7.48. The number of carbonyl (C=O) groups is 1. The Balaban J connectivity index is 2.45. The number of anilines is 1. The Kier molecular flexibility index (Phi) is 3.62. The van der Waals surface area contributed by atoms with E-state index in [2.05, 4.69) is 4.72 Å². The van der Waals surface area contributed by atoms with E-state index in [1.807, 2.05) is 0 Å². The van der Waals surface area contributed by atoms with Crippen LogP contribution in [-0.4, -0.2) is 34.0 Å². The lowest BCUT2D eigenvalue weighted by molar-refractivity contribution is -0.119. The number of hydrogen-bond donors (Lipinski definition) is 2. The first kappa shape index (κ1) is 14.0. The molecular weight excluding hydrogens is 266 g/mol. The van der Waals surface area contributed by atoms with Crippen LogP contribution in [0.2, 0.25) is 0 Å². The van der Waals surface area contributed by atoms with Crippen molar-refractivity contribution in [3.05, 3.63) is 23.8 Å². The Morgan fingerprint density at radius 2 is 2.16 bits per heavy atom.